The summed E-state index contributed by atoms with van der Waals surface area (Å²) in [6.45, 7) is 5.07. The SMILES string of the molecule is CC(C)(C)[S+]([O-])NC(CC(=O)O)c1cccc(OC(F)(F)F)c1. The molecule has 0 spiro atoms. The maximum Gasteiger partial charge on any atom is 0.573 e. The quantitative estimate of drug-likeness (QED) is 0.768. The van der Waals surface area contributed by atoms with Crippen molar-refractivity contribution in [1.29, 1.82) is 0 Å². The molecule has 9 heteroatoms. The summed E-state index contributed by atoms with van der Waals surface area (Å²) in [7, 11) is 0. The molecule has 130 valence electrons. The molecule has 1 aromatic rings. The van der Waals surface area contributed by atoms with Gasteiger partial charge in [0.15, 0.2) is 0 Å². The fourth-order valence-corrected chi connectivity index (χ4v) is 2.47. The van der Waals surface area contributed by atoms with Crippen molar-refractivity contribution in [1.82, 2.24) is 4.72 Å². The number of aliphatic carboxylic acids is 1. The molecule has 0 aliphatic rings. The van der Waals surface area contributed by atoms with Gasteiger partial charge in [-0.25, -0.2) is 0 Å². The van der Waals surface area contributed by atoms with Gasteiger partial charge in [-0.15, -0.1) is 17.9 Å². The molecule has 0 radical (unpaired) electrons. The standard InChI is InChI=1S/C14H18F3NO4S/c1-13(2,3)23(21)18-11(8-12(19)20)9-5-4-6-10(7-9)22-14(15,16)17/h4-7,11,18H,8H2,1-3H3,(H,19,20). The van der Waals surface area contributed by atoms with Crippen molar-refractivity contribution in [3.63, 3.8) is 0 Å². The number of carbonyl (C=O) groups is 1. The lowest BCUT2D eigenvalue weighted by Gasteiger charge is -2.27. The van der Waals surface area contributed by atoms with Crippen LogP contribution in [0.3, 0.4) is 0 Å². The number of hydrogen-bond donors (Lipinski definition) is 2. The van der Waals surface area contributed by atoms with Crippen LogP contribution < -0.4 is 9.46 Å². The molecular formula is C14H18F3NO4S. The number of carboxylic acids is 1. The lowest BCUT2D eigenvalue weighted by molar-refractivity contribution is -0.274. The Morgan fingerprint density at radius 1 is 1.39 bits per heavy atom. The normalized spacial score (nSPS) is 15.1. The number of ether oxygens (including phenoxy) is 1. The first-order valence-corrected chi connectivity index (χ1v) is 7.79. The van der Waals surface area contributed by atoms with Crippen molar-refractivity contribution in [2.45, 2.75) is 44.3 Å². The van der Waals surface area contributed by atoms with Crippen LogP contribution in [0.1, 0.15) is 38.8 Å². The molecule has 0 aliphatic heterocycles. The van der Waals surface area contributed by atoms with Crippen molar-refractivity contribution in [3.05, 3.63) is 29.8 Å². The van der Waals surface area contributed by atoms with E-state index in [1.807, 2.05) is 0 Å². The number of halogens is 3. The van der Waals surface area contributed by atoms with Crippen LogP contribution in [0.2, 0.25) is 0 Å². The van der Waals surface area contributed by atoms with Gasteiger partial charge >= 0.3 is 12.3 Å². The van der Waals surface area contributed by atoms with Gasteiger partial charge < -0.3 is 14.4 Å². The predicted molar refractivity (Wildman–Crippen MR) is 79.1 cm³/mol. The van der Waals surface area contributed by atoms with E-state index in [9.17, 15) is 22.5 Å². The molecule has 1 aromatic carbocycles. The zero-order chi connectivity index (χ0) is 17.8. The van der Waals surface area contributed by atoms with E-state index in [-0.39, 0.29) is 5.56 Å². The van der Waals surface area contributed by atoms with Crippen LogP contribution in [-0.2, 0) is 16.2 Å². The number of carboxylic acid groups (broad SMARTS) is 1. The van der Waals surface area contributed by atoms with Crippen LogP contribution in [0.15, 0.2) is 24.3 Å². The Bertz CT molecular complexity index is 546. The molecule has 2 atom stereocenters. The summed E-state index contributed by atoms with van der Waals surface area (Å²) in [6, 6.07) is 4.03. The Morgan fingerprint density at radius 3 is 2.48 bits per heavy atom. The number of nitrogens with one attached hydrogen (secondary N) is 1. The summed E-state index contributed by atoms with van der Waals surface area (Å²) in [5.74, 6) is -1.63. The lowest BCUT2D eigenvalue weighted by atomic mass is 10.0. The highest BCUT2D eigenvalue weighted by atomic mass is 32.2. The van der Waals surface area contributed by atoms with Crippen LogP contribution in [0.4, 0.5) is 13.2 Å². The van der Waals surface area contributed by atoms with E-state index in [2.05, 4.69) is 9.46 Å². The average molecular weight is 353 g/mol. The van der Waals surface area contributed by atoms with E-state index < -0.39 is 46.7 Å². The van der Waals surface area contributed by atoms with Gasteiger partial charge in [-0.2, -0.15) is 0 Å². The summed E-state index contributed by atoms with van der Waals surface area (Å²) in [6.07, 6.45) is -5.28. The van der Waals surface area contributed by atoms with E-state index in [0.717, 1.165) is 12.1 Å². The maximum absolute atomic E-state index is 12.3. The van der Waals surface area contributed by atoms with Crippen LogP contribution in [0, 0.1) is 0 Å². The van der Waals surface area contributed by atoms with Gasteiger partial charge in [-0.1, -0.05) is 12.1 Å². The Morgan fingerprint density at radius 2 is 2.00 bits per heavy atom. The van der Waals surface area contributed by atoms with Gasteiger partial charge in [0.25, 0.3) is 0 Å². The molecule has 23 heavy (non-hydrogen) atoms. The number of rotatable bonds is 6. The highest BCUT2D eigenvalue weighted by Gasteiger charge is 2.33. The number of benzene rings is 1. The van der Waals surface area contributed by atoms with E-state index in [1.165, 1.54) is 12.1 Å². The fourth-order valence-electron chi connectivity index (χ4n) is 1.64. The largest absolute Gasteiger partial charge is 0.598 e. The second kappa shape index (κ2) is 7.41. The molecule has 0 aromatic heterocycles. The smallest absolute Gasteiger partial charge is 0.573 e. The molecular weight excluding hydrogens is 335 g/mol. The Kier molecular flexibility index (Phi) is 6.32. The second-order valence-corrected chi connectivity index (χ2v) is 7.77. The number of hydrogen-bond acceptors (Lipinski definition) is 4. The summed E-state index contributed by atoms with van der Waals surface area (Å²) >= 11 is -1.59. The van der Waals surface area contributed by atoms with E-state index in [1.54, 1.807) is 20.8 Å². The van der Waals surface area contributed by atoms with Crippen LogP contribution >= 0.6 is 0 Å². The molecule has 0 saturated heterocycles. The molecule has 0 bridgehead atoms. The first-order valence-electron chi connectivity index (χ1n) is 6.64. The number of alkyl halides is 3. The van der Waals surface area contributed by atoms with Gasteiger partial charge in [-0.3, -0.25) is 4.79 Å². The van der Waals surface area contributed by atoms with Crippen LogP contribution in [-0.4, -0.2) is 26.7 Å². The minimum Gasteiger partial charge on any atom is -0.598 e. The Hall–Kier alpha value is -1.45. The van der Waals surface area contributed by atoms with Gasteiger partial charge in [0.05, 0.1) is 12.5 Å². The highest BCUT2D eigenvalue weighted by Crippen LogP contribution is 2.28. The fraction of sp³-hybridized carbons (Fsp3) is 0.500. The van der Waals surface area contributed by atoms with Gasteiger partial charge in [0.2, 0.25) is 0 Å². The molecule has 2 unspecified atom stereocenters. The van der Waals surface area contributed by atoms with Gasteiger partial charge in [0, 0.05) is 11.4 Å². The molecule has 0 aliphatic carbocycles. The van der Waals surface area contributed by atoms with Crippen molar-refractivity contribution in [2.24, 2.45) is 0 Å². The third-order valence-corrected chi connectivity index (χ3v) is 4.29. The molecule has 1 rings (SSSR count). The highest BCUT2D eigenvalue weighted by molar-refractivity contribution is 7.90. The van der Waals surface area contributed by atoms with Crippen molar-refractivity contribution in [2.75, 3.05) is 0 Å². The topological polar surface area (TPSA) is 81.6 Å². The molecule has 0 heterocycles. The Labute approximate surface area is 135 Å². The van der Waals surface area contributed by atoms with Crippen LogP contribution in [0.25, 0.3) is 0 Å². The molecule has 5 nitrogen and oxygen atoms in total. The van der Waals surface area contributed by atoms with Crippen molar-refractivity contribution < 1.29 is 32.4 Å². The average Bonchev–Trinajstić information content (AvgIpc) is 2.34. The molecule has 0 saturated carbocycles. The zero-order valence-corrected chi connectivity index (χ0v) is 13.6. The third kappa shape index (κ3) is 7.10. The first-order chi connectivity index (χ1) is 10.4. The Balaban J connectivity index is 3.03. The second-order valence-electron chi connectivity index (χ2n) is 5.77. The van der Waals surface area contributed by atoms with Crippen molar-refractivity contribution in [3.8, 4) is 5.75 Å². The van der Waals surface area contributed by atoms with Crippen molar-refractivity contribution >= 4 is 17.3 Å². The van der Waals surface area contributed by atoms with Gasteiger partial charge in [0.1, 0.15) is 10.5 Å². The molecule has 2 N–H and O–H groups in total. The van der Waals surface area contributed by atoms with Gasteiger partial charge in [-0.05, 0) is 38.5 Å². The maximum atomic E-state index is 12.3. The zero-order valence-electron chi connectivity index (χ0n) is 12.8. The minimum atomic E-state index is -4.84. The molecule has 0 amide bonds. The summed E-state index contributed by atoms with van der Waals surface area (Å²) in [5, 5.41) is 8.97. The summed E-state index contributed by atoms with van der Waals surface area (Å²) in [4.78, 5) is 11.0. The lowest BCUT2D eigenvalue weighted by Crippen LogP contribution is -2.41. The predicted octanol–water partition coefficient (Wildman–Crippen LogP) is 3.15. The van der Waals surface area contributed by atoms with E-state index >= 15 is 0 Å². The molecule has 0 fully saturated rings. The minimum absolute atomic E-state index is 0.242. The third-order valence-electron chi connectivity index (χ3n) is 2.68. The summed E-state index contributed by atoms with van der Waals surface area (Å²) < 4.78 is 54.8. The van der Waals surface area contributed by atoms with Crippen LogP contribution in [0.5, 0.6) is 5.75 Å². The van der Waals surface area contributed by atoms with E-state index in [4.69, 9.17) is 5.11 Å². The monoisotopic (exact) mass is 353 g/mol. The van der Waals surface area contributed by atoms with E-state index in [0.29, 0.717) is 0 Å². The first kappa shape index (κ1) is 19.6. The summed E-state index contributed by atoms with van der Waals surface area (Å²) in [5.41, 5.74) is 0.242.